The summed E-state index contributed by atoms with van der Waals surface area (Å²) >= 11 is 0. The Morgan fingerprint density at radius 2 is 1.89 bits per heavy atom. The summed E-state index contributed by atoms with van der Waals surface area (Å²) < 4.78 is 0. The van der Waals surface area contributed by atoms with Crippen LogP contribution in [0, 0.1) is 5.92 Å². The van der Waals surface area contributed by atoms with E-state index in [0.717, 1.165) is 13.1 Å². The van der Waals surface area contributed by atoms with Crippen molar-refractivity contribution in [2.24, 2.45) is 5.92 Å². The second-order valence-electron chi connectivity index (χ2n) is 5.85. The van der Waals surface area contributed by atoms with E-state index in [9.17, 15) is 0 Å². The van der Waals surface area contributed by atoms with Crippen LogP contribution in [0.3, 0.4) is 0 Å². The molecule has 1 N–H and O–H groups in total. The summed E-state index contributed by atoms with van der Waals surface area (Å²) in [5.41, 5.74) is 2.80. The van der Waals surface area contributed by atoms with Crippen molar-refractivity contribution in [2.45, 2.75) is 39.2 Å². The number of hydrogen-bond donors (Lipinski definition) is 1. The lowest BCUT2D eigenvalue weighted by atomic mass is 9.93. The highest BCUT2D eigenvalue weighted by Crippen LogP contribution is 2.25. The Balaban J connectivity index is 2.04. The van der Waals surface area contributed by atoms with Gasteiger partial charge >= 0.3 is 0 Å². The summed E-state index contributed by atoms with van der Waals surface area (Å²) in [5.74, 6) is 1.33. The largest absolute Gasteiger partial charge is 0.371 e. The maximum absolute atomic E-state index is 3.42. The molecule has 0 aromatic heterocycles. The second kappa shape index (κ2) is 5.75. The third-order valence-electron chi connectivity index (χ3n) is 4.20. The Hall–Kier alpha value is -1.02. The zero-order valence-corrected chi connectivity index (χ0v) is 12.1. The van der Waals surface area contributed by atoms with Gasteiger partial charge in [-0.1, -0.05) is 32.9 Å². The molecular weight excluding hydrogens is 220 g/mol. The molecule has 1 saturated heterocycles. The molecule has 1 fully saturated rings. The van der Waals surface area contributed by atoms with Crippen molar-refractivity contribution < 1.29 is 0 Å². The maximum atomic E-state index is 3.42. The normalized spacial score (nSPS) is 24.6. The molecule has 1 heterocycles. The highest BCUT2D eigenvalue weighted by atomic mass is 15.2. The van der Waals surface area contributed by atoms with Crippen molar-refractivity contribution in [3.05, 3.63) is 29.8 Å². The lowest BCUT2D eigenvalue weighted by Crippen LogP contribution is -2.47. The van der Waals surface area contributed by atoms with E-state index in [1.54, 1.807) is 0 Å². The highest BCUT2D eigenvalue weighted by Gasteiger charge is 2.24. The van der Waals surface area contributed by atoms with Crippen LogP contribution in [-0.2, 0) is 0 Å². The number of nitrogens with one attached hydrogen (secondary N) is 1. The summed E-state index contributed by atoms with van der Waals surface area (Å²) in [4.78, 5) is 2.52. The first-order valence-electron chi connectivity index (χ1n) is 7.14. The van der Waals surface area contributed by atoms with Crippen LogP contribution < -0.4 is 10.2 Å². The van der Waals surface area contributed by atoms with Crippen LogP contribution in [0.15, 0.2) is 24.3 Å². The predicted molar refractivity (Wildman–Crippen MR) is 79.4 cm³/mol. The minimum atomic E-state index is 0.619. The van der Waals surface area contributed by atoms with E-state index in [4.69, 9.17) is 0 Å². The van der Waals surface area contributed by atoms with E-state index in [-0.39, 0.29) is 0 Å². The van der Waals surface area contributed by atoms with Gasteiger partial charge in [0.2, 0.25) is 0 Å². The quantitative estimate of drug-likeness (QED) is 0.881. The smallest absolute Gasteiger partial charge is 0.0366 e. The van der Waals surface area contributed by atoms with Crippen LogP contribution >= 0.6 is 0 Å². The van der Waals surface area contributed by atoms with E-state index >= 15 is 0 Å². The Morgan fingerprint density at radius 3 is 2.39 bits per heavy atom. The first kappa shape index (κ1) is 13.4. The number of benzene rings is 1. The van der Waals surface area contributed by atoms with Crippen molar-refractivity contribution in [1.29, 1.82) is 0 Å². The minimum absolute atomic E-state index is 0.619. The summed E-state index contributed by atoms with van der Waals surface area (Å²) in [5, 5.41) is 3.42. The summed E-state index contributed by atoms with van der Waals surface area (Å²) in [6, 6.07) is 9.78. The molecule has 0 amide bonds. The molecule has 100 valence electrons. The SMILES string of the molecule is CNC1CCN(c2ccc(C(C)C)cc2)CC1C. The first-order chi connectivity index (χ1) is 8.61. The monoisotopic (exact) mass is 246 g/mol. The van der Waals surface area contributed by atoms with Crippen molar-refractivity contribution in [2.75, 3.05) is 25.0 Å². The molecule has 2 heteroatoms. The number of anilines is 1. The van der Waals surface area contributed by atoms with Crippen LogP contribution in [-0.4, -0.2) is 26.2 Å². The van der Waals surface area contributed by atoms with Gasteiger partial charge in [-0.2, -0.15) is 0 Å². The highest BCUT2D eigenvalue weighted by molar-refractivity contribution is 5.48. The average Bonchev–Trinajstić information content (AvgIpc) is 2.38. The van der Waals surface area contributed by atoms with E-state index in [1.165, 1.54) is 17.7 Å². The molecule has 1 aromatic rings. The third kappa shape index (κ3) is 2.86. The molecule has 2 nitrogen and oxygen atoms in total. The summed E-state index contributed by atoms with van der Waals surface area (Å²) in [7, 11) is 2.08. The fourth-order valence-corrected chi connectivity index (χ4v) is 2.88. The number of rotatable bonds is 3. The Bertz CT molecular complexity index is 369. The molecule has 18 heavy (non-hydrogen) atoms. The molecule has 1 aromatic carbocycles. The molecule has 0 saturated carbocycles. The van der Waals surface area contributed by atoms with Gasteiger partial charge < -0.3 is 10.2 Å². The van der Waals surface area contributed by atoms with Gasteiger partial charge in [0.1, 0.15) is 0 Å². The second-order valence-corrected chi connectivity index (χ2v) is 5.85. The van der Waals surface area contributed by atoms with E-state index < -0.39 is 0 Å². The Kier molecular flexibility index (Phi) is 4.28. The van der Waals surface area contributed by atoms with E-state index in [1.807, 2.05) is 0 Å². The summed E-state index contributed by atoms with van der Waals surface area (Å²) in [6.45, 7) is 9.16. The average molecular weight is 246 g/mol. The van der Waals surface area contributed by atoms with Gasteiger partial charge in [0.05, 0.1) is 0 Å². The van der Waals surface area contributed by atoms with E-state index in [2.05, 4.69) is 62.3 Å². The summed E-state index contributed by atoms with van der Waals surface area (Å²) in [6.07, 6.45) is 1.24. The fourth-order valence-electron chi connectivity index (χ4n) is 2.88. The molecular formula is C16H26N2. The van der Waals surface area contributed by atoms with Crippen LogP contribution in [0.1, 0.15) is 38.7 Å². The molecule has 0 aliphatic carbocycles. The Labute approximate surface area is 111 Å². The van der Waals surface area contributed by atoms with Crippen LogP contribution in [0.4, 0.5) is 5.69 Å². The zero-order chi connectivity index (χ0) is 13.1. The van der Waals surface area contributed by atoms with Gasteiger partial charge in [-0.25, -0.2) is 0 Å². The van der Waals surface area contributed by atoms with Crippen molar-refractivity contribution in [1.82, 2.24) is 5.32 Å². The third-order valence-corrected chi connectivity index (χ3v) is 4.20. The van der Waals surface area contributed by atoms with Gasteiger partial charge in [-0.05, 0) is 43.0 Å². The van der Waals surface area contributed by atoms with Gasteiger partial charge in [-0.15, -0.1) is 0 Å². The number of nitrogens with zero attached hydrogens (tertiary/aromatic N) is 1. The molecule has 2 atom stereocenters. The standard InChI is InChI=1S/C16H26N2/c1-12(2)14-5-7-15(8-6-14)18-10-9-16(17-4)13(3)11-18/h5-8,12-13,16-17H,9-11H2,1-4H3. The van der Waals surface area contributed by atoms with Gasteiger partial charge in [0, 0.05) is 24.8 Å². The van der Waals surface area contributed by atoms with Crippen LogP contribution in [0.25, 0.3) is 0 Å². The van der Waals surface area contributed by atoms with E-state index in [0.29, 0.717) is 17.9 Å². The zero-order valence-electron chi connectivity index (χ0n) is 12.1. The molecule has 1 aliphatic rings. The molecule has 0 radical (unpaired) electrons. The maximum Gasteiger partial charge on any atom is 0.0366 e. The molecule has 0 spiro atoms. The predicted octanol–water partition coefficient (Wildman–Crippen LogP) is 3.24. The lowest BCUT2D eigenvalue weighted by Gasteiger charge is -2.38. The van der Waals surface area contributed by atoms with Crippen LogP contribution in [0.5, 0.6) is 0 Å². The first-order valence-corrected chi connectivity index (χ1v) is 7.14. The number of hydrogen-bond acceptors (Lipinski definition) is 2. The molecule has 2 unspecified atom stereocenters. The fraction of sp³-hybridized carbons (Fsp3) is 0.625. The van der Waals surface area contributed by atoms with Gasteiger partial charge in [0.25, 0.3) is 0 Å². The van der Waals surface area contributed by atoms with Crippen LogP contribution in [0.2, 0.25) is 0 Å². The Morgan fingerprint density at radius 1 is 1.22 bits per heavy atom. The van der Waals surface area contributed by atoms with Crippen molar-refractivity contribution in [3.63, 3.8) is 0 Å². The molecule has 1 aliphatic heterocycles. The lowest BCUT2D eigenvalue weighted by molar-refractivity contribution is 0.339. The minimum Gasteiger partial charge on any atom is -0.371 e. The number of piperidine rings is 1. The van der Waals surface area contributed by atoms with Crippen molar-refractivity contribution in [3.8, 4) is 0 Å². The molecule has 2 rings (SSSR count). The topological polar surface area (TPSA) is 15.3 Å². The van der Waals surface area contributed by atoms with Crippen molar-refractivity contribution >= 4 is 5.69 Å². The molecule has 0 bridgehead atoms. The van der Waals surface area contributed by atoms with Gasteiger partial charge in [0.15, 0.2) is 0 Å². The van der Waals surface area contributed by atoms with Gasteiger partial charge in [-0.3, -0.25) is 0 Å².